The van der Waals surface area contributed by atoms with Crippen molar-refractivity contribution in [2.45, 2.75) is 57.8 Å². The van der Waals surface area contributed by atoms with E-state index in [-0.39, 0.29) is 6.04 Å². The molecule has 0 unspecified atom stereocenters. The molecule has 2 aliphatic rings. The Bertz CT molecular complexity index is 549. The molecule has 7 heteroatoms. The second-order valence-corrected chi connectivity index (χ2v) is 7.32. The minimum Gasteiger partial charge on any atom is -0.350 e. The molecule has 0 radical (unpaired) electrons. The topological polar surface area (TPSA) is 32.3 Å². The summed E-state index contributed by atoms with van der Waals surface area (Å²) in [5, 5.41) is 0. The van der Waals surface area contributed by atoms with Crippen LogP contribution < -0.4 is 4.90 Å². The van der Waals surface area contributed by atoms with E-state index in [1.807, 2.05) is 0 Å². The smallest absolute Gasteiger partial charge is 0.350 e. The van der Waals surface area contributed by atoms with Crippen LogP contribution >= 0.6 is 0 Å². The van der Waals surface area contributed by atoms with Gasteiger partial charge in [-0.25, -0.2) is 9.97 Å². The van der Waals surface area contributed by atoms with Crippen molar-refractivity contribution < 1.29 is 13.2 Å². The quantitative estimate of drug-likeness (QED) is 0.819. The zero-order chi connectivity index (χ0) is 17.3. The van der Waals surface area contributed by atoms with Crippen molar-refractivity contribution in [1.29, 1.82) is 0 Å². The first-order valence-corrected chi connectivity index (χ1v) is 8.74. The highest BCUT2D eigenvalue weighted by Crippen LogP contribution is 2.37. The highest BCUT2D eigenvalue weighted by Gasteiger charge is 2.38. The van der Waals surface area contributed by atoms with Crippen LogP contribution in [0.25, 0.3) is 0 Å². The number of piperidine rings is 1. The molecule has 0 N–H and O–H groups in total. The third-order valence-corrected chi connectivity index (χ3v) is 4.72. The van der Waals surface area contributed by atoms with Gasteiger partial charge in [0.15, 0.2) is 0 Å². The Balaban J connectivity index is 1.72. The molecule has 1 aromatic rings. The maximum atomic E-state index is 12.9. The molecule has 134 valence electrons. The fourth-order valence-corrected chi connectivity index (χ4v) is 3.56. The molecular formula is C17H25F3N4. The third-order valence-electron chi connectivity index (χ3n) is 4.72. The fourth-order valence-electron chi connectivity index (χ4n) is 3.56. The summed E-state index contributed by atoms with van der Waals surface area (Å²) in [6.45, 7) is 7.51. The van der Waals surface area contributed by atoms with Crippen molar-refractivity contribution >= 4 is 5.82 Å². The molecule has 0 amide bonds. The minimum atomic E-state index is -4.42. The van der Waals surface area contributed by atoms with E-state index in [2.05, 4.69) is 33.6 Å². The first-order chi connectivity index (χ1) is 11.3. The molecule has 1 saturated heterocycles. The summed E-state index contributed by atoms with van der Waals surface area (Å²) in [6.07, 6.45) is 0.660. The lowest BCUT2D eigenvalue weighted by Gasteiger charge is -2.40. The summed E-state index contributed by atoms with van der Waals surface area (Å²) < 4.78 is 38.8. The molecule has 4 nitrogen and oxygen atoms in total. The van der Waals surface area contributed by atoms with E-state index in [9.17, 15) is 13.2 Å². The van der Waals surface area contributed by atoms with Crippen LogP contribution in [0.4, 0.5) is 19.0 Å². The van der Waals surface area contributed by atoms with Crippen molar-refractivity contribution in [2.75, 3.05) is 24.5 Å². The molecule has 1 saturated carbocycles. The molecule has 1 aliphatic heterocycles. The fraction of sp³-hybridized carbons (Fsp3) is 0.765. The number of nitrogens with zero attached hydrogens (tertiary/aromatic N) is 4. The van der Waals surface area contributed by atoms with Crippen LogP contribution in [-0.2, 0) is 6.18 Å². The molecule has 1 aliphatic carbocycles. The molecule has 0 bridgehead atoms. The Kier molecular flexibility index (Phi) is 4.99. The number of halogens is 3. The molecule has 1 aromatic heterocycles. The van der Waals surface area contributed by atoms with Gasteiger partial charge in [-0.05, 0) is 31.6 Å². The predicted octanol–water partition coefficient (Wildman–Crippen LogP) is 3.58. The average Bonchev–Trinajstić information content (AvgIpc) is 3.33. The molecular weight excluding hydrogens is 317 g/mol. The summed E-state index contributed by atoms with van der Waals surface area (Å²) >= 11 is 0. The number of anilines is 1. The number of alkyl halides is 3. The van der Waals surface area contributed by atoms with Gasteiger partial charge in [0.1, 0.15) is 17.8 Å². The van der Waals surface area contributed by atoms with Crippen LogP contribution in [-0.4, -0.2) is 46.6 Å². The number of likely N-dealkylation sites (tertiary alicyclic amines) is 1. The second kappa shape index (κ2) is 6.86. The lowest BCUT2D eigenvalue weighted by Crippen LogP contribution is -2.47. The maximum Gasteiger partial charge on any atom is 0.433 e. The van der Waals surface area contributed by atoms with Crippen LogP contribution in [0.3, 0.4) is 0 Å². The van der Waals surface area contributed by atoms with Gasteiger partial charge in [0.25, 0.3) is 0 Å². The van der Waals surface area contributed by atoms with Crippen LogP contribution in [0.15, 0.2) is 12.4 Å². The van der Waals surface area contributed by atoms with Crippen LogP contribution in [0.5, 0.6) is 0 Å². The van der Waals surface area contributed by atoms with Gasteiger partial charge in [-0.2, -0.15) is 13.2 Å². The molecule has 2 heterocycles. The number of hydrogen-bond donors (Lipinski definition) is 0. The normalized spacial score (nSPS) is 20.6. The third kappa shape index (κ3) is 4.18. The number of rotatable bonds is 5. The summed E-state index contributed by atoms with van der Waals surface area (Å²) in [5.74, 6) is 1.07. The van der Waals surface area contributed by atoms with Gasteiger partial charge < -0.3 is 9.80 Å². The highest BCUT2D eigenvalue weighted by molar-refractivity contribution is 5.44. The van der Waals surface area contributed by atoms with Gasteiger partial charge in [0.05, 0.1) is 0 Å². The van der Waals surface area contributed by atoms with Crippen molar-refractivity contribution in [3.63, 3.8) is 0 Å². The first-order valence-electron chi connectivity index (χ1n) is 8.74. The van der Waals surface area contributed by atoms with Crippen molar-refractivity contribution in [1.82, 2.24) is 14.9 Å². The predicted molar refractivity (Wildman–Crippen MR) is 86.8 cm³/mol. The summed E-state index contributed by atoms with van der Waals surface area (Å²) in [7, 11) is 0. The average molecular weight is 342 g/mol. The van der Waals surface area contributed by atoms with Gasteiger partial charge in [0.2, 0.25) is 0 Å². The highest BCUT2D eigenvalue weighted by atomic mass is 19.4. The Hall–Kier alpha value is -1.37. The van der Waals surface area contributed by atoms with E-state index in [1.165, 1.54) is 0 Å². The van der Waals surface area contributed by atoms with E-state index in [1.54, 1.807) is 0 Å². The molecule has 0 aromatic carbocycles. The summed E-state index contributed by atoms with van der Waals surface area (Å²) in [5.41, 5.74) is -0.851. The monoisotopic (exact) mass is 342 g/mol. The van der Waals surface area contributed by atoms with Crippen molar-refractivity contribution in [3.05, 3.63) is 18.1 Å². The van der Waals surface area contributed by atoms with Crippen LogP contribution in [0, 0.1) is 5.92 Å². The van der Waals surface area contributed by atoms with Gasteiger partial charge in [-0.1, -0.05) is 13.8 Å². The van der Waals surface area contributed by atoms with Crippen LogP contribution in [0.1, 0.15) is 45.2 Å². The molecule has 0 spiro atoms. The van der Waals surface area contributed by atoms with Gasteiger partial charge >= 0.3 is 6.18 Å². The first kappa shape index (κ1) is 17.5. The molecule has 3 rings (SSSR count). The number of aromatic nitrogens is 2. The van der Waals surface area contributed by atoms with E-state index in [0.717, 1.165) is 57.7 Å². The summed E-state index contributed by atoms with van der Waals surface area (Å²) in [6, 6.07) is 1.72. The standard InChI is InChI=1S/C17H25F3N4/c1-12(2)10-23-7-5-14(6-8-23)24(13-3-4-13)16-9-15(17(18,19)20)21-11-22-16/h9,11-14H,3-8,10H2,1-2H3. The van der Waals surface area contributed by atoms with Gasteiger partial charge in [-0.3, -0.25) is 0 Å². The van der Waals surface area contributed by atoms with E-state index in [0.29, 0.717) is 17.8 Å². The molecule has 0 atom stereocenters. The zero-order valence-corrected chi connectivity index (χ0v) is 14.3. The van der Waals surface area contributed by atoms with E-state index in [4.69, 9.17) is 0 Å². The molecule has 24 heavy (non-hydrogen) atoms. The van der Waals surface area contributed by atoms with Gasteiger partial charge in [-0.15, -0.1) is 0 Å². The van der Waals surface area contributed by atoms with Gasteiger partial charge in [0, 0.05) is 37.8 Å². The van der Waals surface area contributed by atoms with Crippen molar-refractivity contribution in [3.8, 4) is 0 Å². The Morgan fingerprint density at radius 3 is 2.29 bits per heavy atom. The number of hydrogen-bond acceptors (Lipinski definition) is 4. The minimum absolute atomic E-state index is 0.275. The summed E-state index contributed by atoms with van der Waals surface area (Å²) in [4.78, 5) is 12.1. The second-order valence-electron chi connectivity index (χ2n) is 7.32. The Morgan fingerprint density at radius 2 is 1.75 bits per heavy atom. The molecule has 2 fully saturated rings. The largest absolute Gasteiger partial charge is 0.433 e. The van der Waals surface area contributed by atoms with E-state index < -0.39 is 11.9 Å². The maximum absolute atomic E-state index is 12.9. The lowest BCUT2D eigenvalue weighted by atomic mass is 10.0. The van der Waals surface area contributed by atoms with Crippen molar-refractivity contribution in [2.24, 2.45) is 5.92 Å². The lowest BCUT2D eigenvalue weighted by molar-refractivity contribution is -0.141. The Morgan fingerprint density at radius 1 is 1.12 bits per heavy atom. The zero-order valence-electron chi connectivity index (χ0n) is 14.3. The SMILES string of the molecule is CC(C)CN1CCC(N(c2cc(C(F)(F)F)ncn2)C2CC2)CC1. The van der Waals surface area contributed by atoms with E-state index >= 15 is 0 Å². The Labute approximate surface area is 141 Å². The van der Waals surface area contributed by atoms with Crippen LogP contribution in [0.2, 0.25) is 0 Å².